The summed E-state index contributed by atoms with van der Waals surface area (Å²) in [6, 6.07) is 19.0. The molecule has 1 aliphatic carbocycles. The molecule has 0 aromatic heterocycles. The summed E-state index contributed by atoms with van der Waals surface area (Å²) in [5.74, 6) is 0.562. The van der Waals surface area contributed by atoms with Crippen LogP contribution in [0.4, 0.5) is 0 Å². The Balaban J connectivity index is 1.38. The van der Waals surface area contributed by atoms with Crippen molar-refractivity contribution in [3.8, 4) is 11.1 Å². The van der Waals surface area contributed by atoms with Gasteiger partial charge in [0.15, 0.2) is 0 Å². The number of ether oxygens (including phenoxy) is 1. The first-order chi connectivity index (χ1) is 12.6. The van der Waals surface area contributed by atoms with Gasteiger partial charge in [-0.15, -0.1) is 0 Å². The highest BCUT2D eigenvalue weighted by atomic mass is 16.5. The van der Waals surface area contributed by atoms with E-state index in [2.05, 4.69) is 48.6 Å². The average molecular weight is 350 g/mol. The predicted octanol–water partition coefficient (Wildman–Crippen LogP) is 2.73. The summed E-state index contributed by atoms with van der Waals surface area (Å²) in [6.45, 7) is 0.812. The molecule has 0 radical (unpaired) electrons. The fourth-order valence-corrected chi connectivity index (χ4v) is 4.35. The van der Waals surface area contributed by atoms with E-state index in [0.29, 0.717) is 12.3 Å². The lowest BCUT2D eigenvalue weighted by atomic mass is 9.71. The molecule has 1 saturated heterocycles. The fraction of sp³-hybridized carbons (Fsp3) is 0.409. The zero-order valence-corrected chi connectivity index (χ0v) is 15.4. The van der Waals surface area contributed by atoms with Gasteiger partial charge in [0.2, 0.25) is 5.91 Å². The van der Waals surface area contributed by atoms with E-state index in [9.17, 15) is 4.79 Å². The number of amides is 1. The van der Waals surface area contributed by atoms with Crippen molar-refractivity contribution >= 4 is 5.91 Å². The predicted molar refractivity (Wildman–Crippen MR) is 103 cm³/mol. The zero-order valence-electron chi connectivity index (χ0n) is 15.4. The van der Waals surface area contributed by atoms with Gasteiger partial charge < -0.3 is 15.0 Å². The Morgan fingerprint density at radius 2 is 1.77 bits per heavy atom. The summed E-state index contributed by atoms with van der Waals surface area (Å²) in [5.41, 5.74) is 3.41. The van der Waals surface area contributed by atoms with Crippen molar-refractivity contribution in [1.82, 2.24) is 10.2 Å². The summed E-state index contributed by atoms with van der Waals surface area (Å²) < 4.78 is 5.82. The molecule has 0 bridgehead atoms. The van der Waals surface area contributed by atoms with Crippen molar-refractivity contribution in [1.29, 1.82) is 0 Å². The molecule has 1 aliphatic heterocycles. The number of likely N-dealkylation sites (N-methyl/N-ethyl adjacent to an activating group) is 1. The number of nitrogens with one attached hydrogen (secondary N) is 1. The monoisotopic (exact) mass is 350 g/mol. The maximum absolute atomic E-state index is 12.6. The first-order valence-corrected chi connectivity index (χ1v) is 9.35. The number of carbonyl (C=O) groups excluding carboxylic acids is 1. The molecule has 26 heavy (non-hydrogen) atoms. The Hall–Kier alpha value is -2.17. The SMILES string of the molecule is CN(C)[C@@H]1[C@@H](NC(=O)Cc2ccc(-c3ccccc3)cc2)[C@H]2CCO[C@H]21. The van der Waals surface area contributed by atoms with Gasteiger partial charge in [-0.1, -0.05) is 54.6 Å². The summed E-state index contributed by atoms with van der Waals surface area (Å²) in [4.78, 5) is 14.7. The van der Waals surface area contributed by atoms with Crippen LogP contribution in [0, 0.1) is 5.92 Å². The van der Waals surface area contributed by atoms with E-state index in [-0.39, 0.29) is 24.1 Å². The number of rotatable bonds is 5. The third-order valence-corrected chi connectivity index (χ3v) is 5.70. The van der Waals surface area contributed by atoms with Crippen LogP contribution < -0.4 is 5.32 Å². The van der Waals surface area contributed by atoms with Crippen molar-refractivity contribution in [2.24, 2.45) is 5.92 Å². The minimum atomic E-state index is 0.0969. The van der Waals surface area contributed by atoms with Crippen LogP contribution in [-0.4, -0.2) is 49.7 Å². The summed E-state index contributed by atoms with van der Waals surface area (Å²) in [7, 11) is 4.12. The van der Waals surface area contributed by atoms with Crippen LogP contribution in [0.5, 0.6) is 0 Å². The Morgan fingerprint density at radius 1 is 1.08 bits per heavy atom. The largest absolute Gasteiger partial charge is 0.376 e. The minimum absolute atomic E-state index is 0.0969. The lowest BCUT2D eigenvalue weighted by Gasteiger charge is -2.50. The molecule has 2 aromatic carbocycles. The molecular formula is C22H26N2O2. The highest BCUT2D eigenvalue weighted by molar-refractivity contribution is 5.79. The molecule has 4 rings (SSSR count). The van der Waals surface area contributed by atoms with Crippen LogP contribution in [0.1, 0.15) is 12.0 Å². The van der Waals surface area contributed by atoms with Gasteiger partial charge in [0.05, 0.1) is 24.6 Å². The number of fused-ring (bicyclic) bond motifs is 1. The summed E-state index contributed by atoms with van der Waals surface area (Å²) in [5, 5.41) is 3.25. The molecule has 1 amide bonds. The highest BCUT2D eigenvalue weighted by Crippen LogP contribution is 2.41. The first-order valence-electron chi connectivity index (χ1n) is 9.35. The molecule has 4 atom stereocenters. The Labute approximate surface area is 155 Å². The quantitative estimate of drug-likeness (QED) is 0.902. The summed E-state index contributed by atoms with van der Waals surface area (Å²) in [6.07, 6.45) is 1.75. The van der Waals surface area contributed by atoms with Crippen molar-refractivity contribution in [3.63, 3.8) is 0 Å². The average Bonchev–Trinajstić information content (AvgIpc) is 3.04. The molecular weight excluding hydrogens is 324 g/mol. The van der Waals surface area contributed by atoms with Crippen molar-refractivity contribution in [2.45, 2.75) is 31.0 Å². The smallest absolute Gasteiger partial charge is 0.224 e. The van der Waals surface area contributed by atoms with Gasteiger partial charge in [-0.2, -0.15) is 0 Å². The van der Waals surface area contributed by atoms with Gasteiger partial charge in [-0.05, 0) is 37.2 Å². The van der Waals surface area contributed by atoms with Gasteiger partial charge in [-0.3, -0.25) is 4.79 Å². The van der Waals surface area contributed by atoms with Gasteiger partial charge in [0, 0.05) is 12.5 Å². The molecule has 2 aromatic rings. The molecule has 2 aliphatic rings. The Morgan fingerprint density at radius 3 is 2.46 bits per heavy atom. The van der Waals surface area contributed by atoms with Crippen LogP contribution in [-0.2, 0) is 16.0 Å². The molecule has 1 saturated carbocycles. The second-order valence-electron chi connectivity index (χ2n) is 7.58. The second-order valence-corrected chi connectivity index (χ2v) is 7.58. The van der Waals surface area contributed by atoms with Crippen molar-refractivity contribution in [3.05, 3.63) is 60.2 Å². The lowest BCUT2D eigenvalue weighted by molar-refractivity contribution is -0.127. The van der Waals surface area contributed by atoms with E-state index < -0.39 is 0 Å². The van der Waals surface area contributed by atoms with E-state index in [1.807, 2.05) is 30.3 Å². The fourth-order valence-electron chi connectivity index (χ4n) is 4.35. The molecule has 0 unspecified atom stereocenters. The summed E-state index contributed by atoms with van der Waals surface area (Å²) >= 11 is 0. The minimum Gasteiger partial charge on any atom is -0.376 e. The number of benzene rings is 2. The number of hydrogen-bond acceptors (Lipinski definition) is 3. The van der Waals surface area contributed by atoms with Crippen LogP contribution in [0.25, 0.3) is 11.1 Å². The van der Waals surface area contributed by atoms with E-state index in [0.717, 1.165) is 18.6 Å². The molecule has 136 valence electrons. The van der Waals surface area contributed by atoms with Crippen molar-refractivity contribution in [2.75, 3.05) is 20.7 Å². The van der Waals surface area contributed by atoms with Crippen LogP contribution in [0.2, 0.25) is 0 Å². The molecule has 4 nitrogen and oxygen atoms in total. The van der Waals surface area contributed by atoms with Crippen LogP contribution in [0.3, 0.4) is 0 Å². The topological polar surface area (TPSA) is 41.6 Å². The van der Waals surface area contributed by atoms with Crippen molar-refractivity contribution < 1.29 is 9.53 Å². The molecule has 1 N–H and O–H groups in total. The second kappa shape index (κ2) is 7.22. The van der Waals surface area contributed by atoms with Gasteiger partial charge in [-0.25, -0.2) is 0 Å². The third kappa shape index (κ3) is 3.27. The standard InChI is InChI=1S/C22H26N2O2/c1-24(2)21-20(18-12-13-26-22(18)21)23-19(25)14-15-8-10-17(11-9-15)16-6-4-3-5-7-16/h3-11,18,20-22H,12-14H2,1-2H3,(H,23,25)/t18-,20+,21-,22-/m1/s1. The van der Waals surface area contributed by atoms with E-state index in [1.54, 1.807) is 0 Å². The Kier molecular flexibility index (Phi) is 4.79. The first kappa shape index (κ1) is 17.3. The van der Waals surface area contributed by atoms with E-state index in [4.69, 9.17) is 4.74 Å². The normalized spacial score (nSPS) is 27.0. The Bertz CT molecular complexity index is 757. The lowest BCUT2D eigenvalue weighted by Crippen LogP contribution is -2.69. The maximum atomic E-state index is 12.6. The van der Waals surface area contributed by atoms with Gasteiger partial charge in [0.25, 0.3) is 0 Å². The van der Waals surface area contributed by atoms with Crippen LogP contribution in [0.15, 0.2) is 54.6 Å². The molecule has 0 spiro atoms. The van der Waals surface area contributed by atoms with E-state index in [1.165, 1.54) is 11.1 Å². The molecule has 1 heterocycles. The van der Waals surface area contributed by atoms with E-state index >= 15 is 0 Å². The highest BCUT2D eigenvalue weighted by Gasteiger charge is 2.55. The van der Waals surface area contributed by atoms with Gasteiger partial charge >= 0.3 is 0 Å². The van der Waals surface area contributed by atoms with Crippen LogP contribution >= 0.6 is 0 Å². The number of nitrogens with zero attached hydrogens (tertiary/aromatic N) is 1. The third-order valence-electron chi connectivity index (χ3n) is 5.70. The molecule has 4 heteroatoms. The zero-order chi connectivity index (χ0) is 18.1. The molecule has 2 fully saturated rings. The number of carbonyl (C=O) groups is 1. The maximum Gasteiger partial charge on any atom is 0.224 e. The number of hydrogen-bond donors (Lipinski definition) is 1. The van der Waals surface area contributed by atoms with Gasteiger partial charge in [0.1, 0.15) is 0 Å².